The molecule has 28 heavy (non-hydrogen) atoms. The van der Waals surface area contributed by atoms with Crippen molar-refractivity contribution in [2.45, 2.75) is 26.7 Å². The molecule has 1 N–H and O–H groups in total. The molecule has 2 rings (SSSR count). The third kappa shape index (κ3) is 6.52. The lowest BCUT2D eigenvalue weighted by Crippen LogP contribution is -2.13. The Bertz CT molecular complexity index is 882. The van der Waals surface area contributed by atoms with Crippen molar-refractivity contribution in [2.75, 3.05) is 18.5 Å². The second-order valence-corrected chi connectivity index (χ2v) is 6.53. The van der Waals surface area contributed by atoms with Crippen LogP contribution in [0.1, 0.15) is 31.5 Å². The van der Waals surface area contributed by atoms with Crippen LogP contribution in [0.5, 0.6) is 5.75 Å². The molecule has 1 aromatic carbocycles. The number of carbonyl (C=O) groups is 2. The van der Waals surface area contributed by atoms with Crippen molar-refractivity contribution >= 4 is 34.4 Å². The van der Waals surface area contributed by atoms with E-state index in [0.29, 0.717) is 29.6 Å². The molecule has 1 amide bonds. The Morgan fingerprint density at radius 1 is 1.29 bits per heavy atom. The van der Waals surface area contributed by atoms with Crippen LogP contribution in [0, 0.1) is 11.3 Å². The van der Waals surface area contributed by atoms with E-state index in [9.17, 15) is 14.9 Å². The van der Waals surface area contributed by atoms with Gasteiger partial charge in [0.05, 0.1) is 25.3 Å². The van der Waals surface area contributed by atoms with E-state index in [2.05, 4.69) is 10.3 Å². The molecule has 8 heteroatoms. The van der Waals surface area contributed by atoms with Crippen molar-refractivity contribution in [3.63, 3.8) is 0 Å². The molecule has 0 unspecified atom stereocenters. The lowest BCUT2D eigenvalue weighted by atomic mass is 10.1. The van der Waals surface area contributed by atoms with E-state index < -0.39 is 5.91 Å². The van der Waals surface area contributed by atoms with Crippen LogP contribution in [0.3, 0.4) is 0 Å². The molecule has 0 bridgehead atoms. The molecular weight excluding hydrogens is 378 g/mol. The van der Waals surface area contributed by atoms with Gasteiger partial charge < -0.3 is 9.47 Å². The fraction of sp³-hybridized carbons (Fsp3) is 0.300. The summed E-state index contributed by atoms with van der Waals surface area (Å²) in [6, 6.07) is 9.02. The molecular formula is C20H21N3O4S. The first kappa shape index (κ1) is 21.1. The van der Waals surface area contributed by atoms with Crippen molar-refractivity contribution < 1.29 is 19.1 Å². The number of aromatic nitrogens is 1. The van der Waals surface area contributed by atoms with Gasteiger partial charge in [0, 0.05) is 5.38 Å². The number of amides is 1. The number of nitrogens with zero attached hydrogens (tertiary/aromatic N) is 2. The molecule has 1 aromatic heterocycles. The highest BCUT2D eigenvalue weighted by molar-refractivity contribution is 7.14. The maximum atomic E-state index is 12.3. The number of hydrogen-bond acceptors (Lipinski definition) is 7. The largest absolute Gasteiger partial charge is 0.494 e. The number of esters is 1. The van der Waals surface area contributed by atoms with Crippen LogP contribution in [0.2, 0.25) is 0 Å². The maximum absolute atomic E-state index is 12.3. The Hall–Kier alpha value is -3.18. The number of ether oxygens (including phenoxy) is 2. The molecule has 0 saturated heterocycles. The smallest absolute Gasteiger partial charge is 0.311 e. The van der Waals surface area contributed by atoms with Gasteiger partial charge in [-0.15, -0.1) is 11.3 Å². The Kier molecular flexibility index (Phi) is 8.18. The molecule has 2 aromatic rings. The van der Waals surface area contributed by atoms with Crippen molar-refractivity contribution in [1.29, 1.82) is 5.26 Å². The Balaban J connectivity index is 2.01. The molecule has 0 saturated carbocycles. The SMILES string of the molecule is CCCOc1ccc(C=C(C#N)C(=O)Nc2nc(CC(=O)OCC)cs2)cc1. The van der Waals surface area contributed by atoms with Crippen LogP contribution in [-0.4, -0.2) is 30.1 Å². The van der Waals surface area contributed by atoms with Gasteiger partial charge in [0.15, 0.2) is 5.13 Å². The number of hydrogen-bond donors (Lipinski definition) is 1. The molecule has 0 spiro atoms. The number of thiazole rings is 1. The second-order valence-electron chi connectivity index (χ2n) is 5.67. The monoisotopic (exact) mass is 399 g/mol. The van der Waals surface area contributed by atoms with Gasteiger partial charge in [-0.05, 0) is 37.1 Å². The second kappa shape index (κ2) is 10.8. The van der Waals surface area contributed by atoms with E-state index in [1.54, 1.807) is 36.6 Å². The van der Waals surface area contributed by atoms with E-state index in [1.165, 1.54) is 17.4 Å². The Morgan fingerprint density at radius 3 is 2.68 bits per heavy atom. The normalized spacial score (nSPS) is 10.8. The number of rotatable bonds is 9. The number of benzene rings is 1. The van der Waals surface area contributed by atoms with Crippen molar-refractivity contribution in [3.05, 3.63) is 46.5 Å². The highest BCUT2D eigenvalue weighted by Crippen LogP contribution is 2.18. The maximum Gasteiger partial charge on any atom is 0.311 e. The van der Waals surface area contributed by atoms with Gasteiger partial charge in [0.1, 0.15) is 17.4 Å². The predicted octanol–water partition coefficient (Wildman–Crippen LogP) is 3.58. The van der Waals surface area contributed by atoms with E-state index in [0.717, 1.165) is 12.2 Å². The van der Waals surface area contributed by atoms with Gasteiger partial charge in [-0.3, -0.25) is 14.9 Å². The molecule has 1 heterocycles. The van der Waals surface area contributed by atoms with Gasteiger partial charge in [0.25, 0.3) is 5.91 Å². The minimum Gasteiger partial charge on any atom is -0.494 e. The van der Waals surface area contributed by atoms with Crippen LogP contribution in [0.4, 0.5) is 5.13 Å². The predicted molar refractivity (Wildman–Crippen MR) is 107 cm³/mol. The first-order chi connectivity index (χ1) is 13.5. The third-order valence-corrected chi connectivity index (χ3v) is 4.24. The van der Waals surface area contributed by atoms with E-state index in [-0.39, 0.29) is 18.0 Å². The Labute approximate surface area is 167 Å². The van der Waals surface area contributed by atoms with Gasteiger partial charge in [-0.2, -0.15) is 5.26 Å². The molecule has 0 radical (unpaired) electrons. The van der Waals surface area contributed by atoms with Crippen LogP contribution >= 0.6 is 11.3 Å². The zero-order valence-corrected chi connectivity index (χ0v) is 16.5. The summed E-state index contributed by atoms with van der Waals surface area (Å²) >= 11 is 1.18. The van der Waals surface area contributed by atoms with Crippen molar-refractivity contribution in [2.24, 2.45) is 0 Å². The standard InChI is InChI=1S/C20H21N3O4S/c1-3-9-27-17-7-5-14(6-8-17)10-15(12-21)19(25)23-20-22-16(13-28-20)11-18(24)26-4-2/h5-8,10,13H,3-4,9,11H2,1-2H3,(H,22,23,25). The molecule has 0 aliphatic carbocycles. The van der Waals surface area contributed by atoms with E-state index in [4.69, 9.17) is 9.47 Å². The molecule has 0 atom stereocenters. The average molecular weight is 399 g/mol. The van der Waals surface area contributed by atoms with Crippen LogP contribution < -0.4 is 10.1 Å². The average Bonchev–Trinajstić information content (AvgIpc) is 3.12. The van der Waals surface area contributed by atoms with Gasteiger partial charge >= 0.3 is 5.97 Å². The zero-order chi connectivity index (χ0) is 20.4. The summed E-state index contributed by atoms with van der Waals surface area (Å²) in [5, 5.41) is 13.9. The van der Waals surface area contributed by atoms with E-state index >= 15 is 0 Å². The molecule has 0 fully saturated rings. The molecule has 0 aliphatic rings. The summed E-state index contributed by atoms with van der Waals surface area (Å²) in [6.07, 6.45) is 2.44. The van der Waals surface area contributed by atoms with Crippen LogP contribution in [-0.2, 0) is 20.7 Å². The summed E-state index contributed by atoms with van der Waals surface area (Å²) in [5.41, 5.74) is 1.16. The fourth-order valence-corrected chi connectivity index (χ4v) is 2.87. The molecule has 146 valence electrons. The number of carbonyl (C=O) groups excluding carboxylic acids is 2. The van der Waals surface area contributed by atoms with E-state index in [1.807, 2.05) is 13.0 Å². The number of nitrogens with one attached hydrogen (secondary N) is 1. The minimum absolute atomic E-state index is 0.0353. The first-order valence-electron chi connectivity index (χ1n) is 8.81. The van der Waals surface area contributed by atoms with Crippen molar-refractivity contribution in [1.82, 2.24) is 4.98 Å². The summed E-state index contributed by atoms with van der Waals surface area (Å²) in [6.45, 7) is 4.69. The minimum atomic E-state index is -0.564. The summed E-state index contributed by atoms with van der Waals surface area (Å²) in [7, 11) is 0. The van der Waals surface area contributed by atoms with Crippen LogP contribution in [0.25, 0.3) is 6.08 Å². The third-order valence-electron chi connectivity index (χ3n) is 3.43. The van der Waals surface area contributed by atoms with Gasteiger partial charge in [-0.1, -0.05) is 19.1 Å². The molecule has 0 aliphatic heterocycles. The first-order valence-corrected chi connectivity index (χ1v) is 9.69. The highest BCUT2D eigenvalue weighted by Gasteiger charge is 2.13. The quantitative estimate of drug-likeness (QED) is 0.393. The van der Waals surface area contributed by atoms with Crippen LogP contribution in [0.15, 0.2) is 35.2 Å². The van der Waals surface area contributed by atoms with Gasteiger partial charge in [-0.25, -0.2) is 4.98 Å². The fourth-order valence-electron chi connectivity index (χ4n) is 2.17. The zero-order valence-electron chi connectivity index (χ0n) is 15.7. The topological polar surface area (TPSA) is 101 Å². The lowest BCUT2D eigenvalue weighted by molar-refractivity contribution is -0.142. The summed E-state index contributed by atoms with van der Waals surface area (Å²) in [5.74, 6) is -0.209. The van der Waals surface area contributed by atoms with Gasteiger partial charge in [0.2, 0.25) is 0 Å². The Morgan fingerprint density at radius 2 is 2.04 bits per heavy atom. The molecule has 7 nitrogen and oxygen atoms in total. The number of nitriles is 1. The van der Waals surface area contributed by atoms with Crippen molar-refractivity contribution in [3.8, 4) is 11.8 Å². The summed E-state index contributed by atoms with van der Waals surface area (Å²) < 4.78 is 10.4. The number of anilines is 1. The summed E-state index contributed by atoms with van der Waals surface area (Å²) in [4.78, 5) is 28.0. The highest BCUT2D eigenvalue weighted by atomic mass is 32.1. The lowest BCUT2D eigenvalue weighted by Gasteiger charge is -2.04.